The highest BCUT2D eigenvalue weighted by Crippen LogP contribution is 2.25. The van der Waals surface area contributed by atoms with Gasteiger partial charge in [0.25, 0.3) is 0 Å². The van der Waals surface area contributed by atoms with Crippen LogP contribution >= 0.6 is 11.8 Å². The summed E-state index contributed by atoms with van der Waals surface area (Å²) >= 11 is 1.52. The van der Waals surface area contributed by atoms with Crippen molar-refractivity contribution >= 4 is 41.0 Å². The summed E-state index contributed by atoms with van der Waals surface area (Å²) in [5, 5.41) is 8.10. The molecule has 0 bridgehead atoms. The molecule has 0 aromatic carbocycles. The second-order valence-electron chi connectivity index (χ2n) is 7.70. The summed E-state index contributed by atoms with van der Waals surface area (Å²) < 4.78 is 0. The SMILES string of the molecule is CNCCCNC(=O)[C@H](CC(=O)NC)N(C)C(=O)CCCCCSC1CC(=O)CC1=O. The zero-order chi connectivity index (χ0) is 23.2. The molecule has 1 fully saturated rings. The minimum Gasteiger partial charge on any atom is -0.359 e. The highest BCUT2D eigenvalue weighted by molar-refractivity contribution is 8.00. The van der Waals surface area contributed by atoms with E-state index in [1.54, 1.807) is 7.05 Å². The molecule has 1 rings (SSSR count). The van der Waals surface area contributed by atoms with Gasteiger partial charge in [0.05, 0.1) is 18.1 Å². The number of amides is 3. The standard InChI is InChI=1S/C21H36N4O5S/c1-22-9-7-10-24-21(30)16(14-19(28)23-2)25(3)20(29)8-5-4-6-11-31-18-13-15(26)12-17(18)27/h16,18,22H,4-14H2,1-3H3,(H,23,28)(H,24,30)/t16-,18?/m0/s1. The lowest BCUT2D eigenvalue weighted by atomic mass is 10.1. The highest BCUT2D eigenvalue weighted by atomic mass is 32.2. The van der Waals surface area contributed by atoms with Gasteiger partial charge in [-0.1, -0.05) is 6.42 Å². The fraction of sp³-hybridized carbons (Fsp3) is 0.762. The summed E-state index contributed by atoms with van der Waals surface area (Å²) in [7, 11) is 4.89. The van der Waals surface area contributed by atoms with Crippen molar-refractivity contribution in [1.29, 1.82) is 0 Å². The first-order chi connectivity index (χ1) is 14.8. The average Bonchev–Trinajstić information content (AvgIpc) is 3.07. The first-order valence-electron chi connectivity index (χ1n) is 10.8. The van der Waals surface area contributed by atoms with Crippen molar-refractivity contribution in [1.82, 2.24) is 20.9 Å². The lowest BCUT2D eigenvalue weighted by Crippen LogP contribution is -2.50. The molecule has 0 aromatic rings. The average molecular weight is 457 g/mol. The maximum Gasteiger partial charge on any atom is 0.243 e. The van der Waals surface area contributed by atoms with Crippen molar-refractivity contribution < 1.29 is 24.0 Å². The Labute approximate surface area is 188 Å². The van der Waals surface area contributed by atoms with Gasteiger partial charge >= 0.3 is 0 Å². The molecule has 9 nitrogen and oxygen atoms in total. The van der Waals surface area contributed by atoms with E-state index in [1.807, 2.05) is 7.05 Å². The number of nitrogens with one attached hydrogen (secondary N) is 3. The quantitative estimate of drug-likeness (QED) is 0.239. The van der Waals surface area contributed by atoms with Crippen molar-refractivity contribution in [2.75, 3.05) is 40.0 Å². The summed E-state index contributed by atoms with van der Waals surface area (Å²) in [6, 6.07) is -0.844. The van der Waals surface area contributed by atoms with Crippen LogP contribution in [0.4, 0.5) is 0 Å². The number of likely N-dealkylation sites (N-methyl/N-ethyl adjacent to an activating group) is 1. The van der Waals surface area contributed by atoms with Crippen LogP contribution < -0.4 is 16.0 Å². The first-order valence-corrected chi connectivity index (χ1v) is 11.9. The van der Waals surface area contributed by atoms with E-state index in [2.05, 4.69) is 16.0 Å². The van der Waals surface area contributed by atoms with Crippen LogP contribution in [0.1, 0.15) is 51.4 Å². The van der Waals surface area contributed by atoms with E-state index >= 15 is 0 Å². The number of carbonyl (C=O) groups excluding carboxylic acids is 5. The zero-order valence-corrected chi connectivity index (χ0v) is 19.6. The Kier molecular flexibility index (Phi) is 13.1. The molecule has 1 aliphatic carbocycles. The number of hydrogen-bond acceptors (Lipinski definition) is 7. The molecule has 2 atom stereocenters. The second-order valence-corrected chi connectivity index (χ2v) is 9.01. The number of unbranched alkanes of at least 4 members (excludes halogenated alkanes) is 2. The van der Waals surface area contributed by atoms with Gasteiger partial charge in [0.2, 0.25) is 17.7 Å². The first kappa shape index (κ1) is 27.1. The molecule has 3 N–H and O–H groups in total. The van der Waals surface area contributed by atoms with Gasteiger partial charge in [-0.15, -0.1) is 0 Å². The maximum atomic E-state index is 12.6. The summed E-state index contributed by atoms with van der Waals surface area (Å²) in [6.45, 7) is 1.23. The van der Waals surface area contributed by atoms with Crippen molar-refractivity contribution in [3.8, 4) is 0 Å². The molecule has 0 heterocycles. The molecule has 31 heavy (non-hydrogen) atoms. The molecule has 1 unspecified atom stereocenters. The van der Waals surface area contributed by atoms with E-state index in [-0.39, 0.29) is 47.4 Å². The Morgan fingerprint density at radius 3 is 2.45 bits per heavy atom. The van der Waals surface area contributed by atoms with Gasteiger partial charge in [-0.05, 0) is 38.6 Å². The fourth-order valence-corrected chi connectivity index (χ4v) is 4.49. The number of ketones is 2. The Balaban J connectivity index is 2.38. The summed E-state index contributed by atoms with van der Waals surface area (Å²) in [4.78, 5) is 61.2. The van der Waals surface area contributed by atoms with Crippen molar-refractivity contribution in [3.63, 3.8) is 0 Å². The number of carbonyl (C=O) groups is 5. The third-order valence-electron chi connectivity index (χ3n) is 5.22. The normalized spacial score (nSPS) is 16.8. The van der Waals surface area contributed by atoms with Gasteiger partial charge in [-0.3, -0.25) is 24.0 Å². The van der Waals surface area contributed by atoms with Crippen LogP contribution in [-0.2, 0) is 24.0 Å². The molecule has 0 aliphatic heterocycles. The Morgan fingerprint density at radius 1 is 1.10 bits per heavy atom. The van der Waals surface area contributed by atoms with Crippen LogP contribution in [-0.4, -0.2) is 85.5 Å². The summed E-state index contributed by atoms with van der Waals surface area (Å²) in [6.07, 6.45) is 3.71. The minimum atomic E-state index is -0.844. The van der Waals surface area contributed by atoms with E-state index < -0.39 is 6.04 Å². The van der Waals surface area contributed by atoms with Crippen LogP contribution in [0, 0.1) is 0 Å². The lowest BCUT2D eigenvalue weighted by Gasteiger charge is -2.27. The predicted octanol–water partition coefficient (Wildman–Crippen LogP) is 0.269. The van der Waals surface area contributed by atoms with Gasteiger partial charge < -0.3 is 20.9 Å². The molecular weight excluding hydrogens is 420 g/mol. The maximum absolute atomic E-state index is 12.6. The van der Waals surface area contributed by atoms with Crippen molar-refractivity contribution in [3.05, 3.63) is 0 Å². The molecule has 3 amide bonds. The molecule has 10 heteroatoms. The smallest absolute Gasteiger partial charge is 0.243 e. The van der Waals surface area contributed by atoms with Crippen LogP contribution in [0.25, 0.3) is 0 Å². The third-order valence-corrected chi connectivity index (χ3v) is 6.58. The largest absolute Gasteiger partial charge is 0.359 e. The number of Topliss-reactive ketones (excluding diaryl/α,β-unsaturated/α-hetero) is 2. The van der Waals surface area contributed by atoms with Gasteiger partial charge in [-0.2, -0.15) is 11.8 Å². The van der Waals surface area contributed by atoms with E-state index in [0.717, 1.165) is 31.6 Å². The molecule has 0 aromatic heterocycles. The molecule has 1 saturated carbocycles. The van der Waals surface area contributed by atoms with Crippen LogP contribution in [0.3, 0.4) is 0 Å². The number of thioether (sulfide) groups is 1. The van der Waals surface area contributed by atoms with Crippen LogP contribution in [0.5, 0.6) is 0 Å². The van der Waals surface area contributed by atoms with E-state index in [0.29, 0.717) is 25.8 Å². The Bertz CT molecular complexity index is 643. The Morgan fingerprint density at radius 2 is 1.84 bits per heavy atom. The summed E-state index contributed by atoms with van der Waals surface area (Å²) in [5.74, 6) is 0.0205. The number of nitrogens with zero attached hydrogens (tertiary/aromatic N) is 1. The van der Waals surface area contributed by atoms with E-state index in [4.69, 9.17) is 0 Å². The highest BCUT2D eigenvalue weighted by Gasteiger charge is 2.31. The van der Waals surface area contributed by atoms with Gasteiger partial charge in [0.15, 0.2) is 5.78 Å². The molecule has 0 saturated heterocycles. The number of rotatable bonds is 15. The van der Waals surface area contributed by atoms with Gasteiger partial charge in [0.1, 0.15) is 11.8 Å². The fourth-order valence-electron chi connectivity index (χ4n) is 3.26. The van der Waals surface area contributed by atoms with E-state index in [1.165, 1.54) is 23.7 Å². The zero-order valence-electron chi connectivity index (χ0n) is 18.8. The van der Waals surface area contributed by atoms with Crippen LogP contribution in [0.15, 0.2) is 0 Å². The summed E-state index contributed by atoms with van der Waals surface area (Å²) in [5.41, 5.74) is 0. The molecule has 176 valence electrons. The topological polar surface area (TPSA) is 125 Å². The molecular formula is C21H36N4O5S. The van der Waals surface area contributed by atoms with Crippen molar-refractivity contribution in [2.24, 2.45) is 0 Å². The molecule has 0 spiro atoms. The molecule has 0 radical (unpaired) electrons. The lowest BCUT2D eigenvalue weighted by molar-refractivity contribution is -0.141. The minimum absolute atomic E-state index is 0.0218. The Hall–Kier alpha value is -1.94. The van der Waals surface area contributed by atoms with Gasteiger partial charge in [0, 0.05) is 33.5 Å². The number of hydrogen-bond donors (Lipinski definition) is 3. The third kappa shape index (κ3) is 10.3. The monoisotopic (exact) mass is 456 g/mol. The van der Waals surface area contributed by atoms with Crippen LogP contribution in [0.2, 0.25) is 0 Å². The van der Waals surface area contributed by atoms with Crippen molar-refractivity contribution in [2.45, 2.75) is 62.7 Å². The molecule has 1 aliphatic rings. The predicted molar refractivity (Wildman–Crippen MR) is 121 cm³/mol. The van der Waals surface area contributed by atoms with E-state index in [9.17, 15) is 24.0 Å². The second kappa shape index (κ2) is 15.0. The van der Waals surface area contributed by atoms with Gasteiger partial charge in [-0.25, -0.2) is 0 Å².